The summed E-state index contributed by atoms with van der Waals surface area (Å²) in [5.41, 5.74) is 1.15. The molecule has 0 aliphatic carbocycles. The van der Waals surface area contributed by atoms with E-state index in [1.54, 1.807) is 0 Å². The second kappa shape index (κ2) is 4.70. The maximum atomic E-state index is 4.49. The van der Waals surface area contributed by atoms with Crippen molar-refractivity contribution in [3.05, 3.63) is 23.8 Å². The molecule has 0 aromatic carbocycles. The minimum absolute atomic E-state index is 0.699. The minimum Gasteiger partial charge on any atom is -0.310 e. The molecule has 17 heavy (non-hydrogen) atoms. The normalized spacial score (nSPS) is 29.2. The van der Waals surface area contributed by atoms with Crippen molar-refractivity contribution >= 4 is 0 Å². The third kappa shape index (κ3) is 2.64. The zero-order valence-corrected chi connectivity index (χ0v) is 10.4. The van der Waals surface area contributed by atoms with Gasteiger partial charge in [-0.05, 0) is 32.3 Å². The number of hydrogen-bond acceptors (Lipinski definition) is 4. The van der Waals surface area contributed by atoms with Gasteiger partial charge in [-0.25, -0.2) is 9.97 Å². The van der Waals surface area contributed by atoms with Crippen molar-refractivity contribution in [3.8, 4) is 0 Å². The van der Waals surface area contributed by atoms with E-state index in [1.165, 1.54) is 32.4 Å². The number of rotatable bonds is 2. The molecule has 0 spiro atoms. The van der Waals surface area contributed by atoms with Crippen LogP contribution in [0, 0.1) is 6.92 Å². The van der Waals surface area contributed by atoms with E-state index in [1.807, 2.05) is 19.2 Å². The predicted octanol–water partition coefficient (Wildman–Crippen LogP) is 1.11. The predicted molar refractivity (Wildman–Crippen MR) is 66.6 cm³/mol. The summed E-state index contributed by atoms with van der Waals surface area (Å²) in [7, 11) is 0. The summed E-state index contributed by atoms with van der Waals surface area (Å²) in [5.74, 6) is 0.872. The number of fused-ring (bicyclic) bond motifs is 2. The highest BCUT2D eigenvalue weighted by molar-refractivity contribution is 5.02. The number of nitrogens with one attached hydrogen (secondary N) is 1. The summed E-state index contributed by atoms with van der Waals surface area (Å²) in [5, 5.41) is 3.71. The first-order chi connectivity index (χ1) is 8.29. The summed E-state index contributed by atoms with van der Waals surface area (Å²) < 4.78 is 0. The van der Waals surface area contributed by atoms with Crippen molar-refractivity contribution in [3.63, 3.8) is 0 Å². The Morgan fingerprint density at radius 2 is 2.24 bits per heavy atom. The van der Waals surface area contributed by atoms with Crippen molar-refractivity contribution in [2.45, 2.75) is 44.8 Å². The second-order valence-corrected chi connectivity index (χ2v) is 5.26. The van der Waals surface area contributed by atoms with Gasteiger partial charge >= 0.3 is 0 Å². The molecule has 0 radical (unpaired) electrons. The first-order valence-corrected chi connectivity index (χ1v) is 6.56. The molecule has 4 heteroatoms. The number of nitrogens with zero attached hydrogens (tertiary/aromatic N) is 3. The van der Waals surface area contributed by atoms with Crippen LogP contribution in [0.4, 0.5) is 0 Å². The Morgan fingerprint density at radius 1 is 1.35 bits per heavy atom. The average Bonchev–Trinajstić information content (AvgIpc) is 2.63. The van der Waals surface area contributed by atoms with Crippen molar-refractivity contribution < 1.29 is 0 Å². The highest BCUT2D eigenvalue weighted by Crippen LogP contribution is 2.21. The molecule has 3 rings (SSSR count). The smallest absolute Gasteiger partial charge is 0.125 e. The minimum atomic E-state index is 0.699. The van der Waals surface area contributed by atoms with Crippen LogP contribution < -0.4 is 5.32 Å². The summed E-state index contributed by atoms with van der Waals surface area (Å²) in [4.78, 5) is 11.2. The maximum absolute atomic E-state index is 4.49. The molecule has 2 aliphatic rings. The molecular formula is C13H20N4. The molecule has 92 valence electrons. The van der Waals surface area contributed by atoms with Gasteiger partial charge in [0.25, 0.3) is 0 Å². The SMILES string of the molecule is Cc1nccc(CN2CCC3CCC(C2)N3)n1. The van der Waals surface area contributed by atoms with E-state index >= 15 is 0 Å². The lowest BCUT2D eigenvalue weighted by Crippen LogP contribution is -2.35. The number of likely N-dealkylation sites (tertiary alicyclic amines) is 1. The lowest BCUT2D eigenvalue weighted by Gasteiger charge is -2.23. The van der Waals surface area contributed by atoms with E-state index in [9.17, 15) is 0 Å². The van der Waals surface area contributed by atoms with Crippen molar-refractivity contribution in [2.24, 2.45) is 0 Å². The summed E-state index contributed by atoms with van der Waals surface area (Å²) >= 11 is 0. The zero-order valence-electron chi connectivity index (χ0n) is 10.4. The van der Waals surface area contributed by atoms with Crippen LogP contribution in [0.15, 0.2) is 12.3 Å². The van der Waals surface area contributed by atoms with Crippen molar-refractivity contribution in [1.82, 2.24) is 20.2 Å². The van der Waals surface area contributed by atoms with Crippen LogP contribution >= 0.6 is 0 Å². The number of aromatic nitrogens is 2. The van der Waals surface area contributed by atoms with Gasteiger partial charge in [0.1, 0.15) is 5.82 Å². The van der Waals surface area contributed by atoms with E-state index in [2.05, 4.69) is 20.2 Å². The van der Waals surface area contributed by atoms with Crippen LogP contribution in [0.5, 0.6) is 0 Å². The molecule has 2 fully saturated rings. The molecule has 2 bridgehead atoms. The number of hydrogen-bond donors (Lipinski definition) is 1. The fourth-order valence-corrected chi connectivity index (χ4v) is 2.98. The molecule has 4 nitrogen and oxygen atoms in total. The molecule has 2 unspecified atom stereocenters. The van der Waals surface area contributed by atoms with Gasteiger partial charge in [-0.3, -0.25) is 4.90 Å². The third-order valence-electron chi connectivity index (χ3n) is 3.83. The van der Waals surface area contributed by atoms with Crippen LogP contribution in [0.25, 0.3) is 0 Å². The van der Waals surface area contributed by atoms with Crippen LogP contribution in [-0.2, 0) is 6.54 Å². The Balaban J connectivity index is 1.65. The first-order valence-electron chi connectivity index (χ1n) is 6.56. The largest absolute Gasteiger partial charge is 0.310 e. The van der Waals surface area contributed by atoms with Crippen molar-refractivity contribution in [1.29, 1.82) is 0 Å². The molecule has 2 atom stereocenters. The summed E-state index contributed by atoms with van der Waals surface area (Å²) in [6.07, 6.45) is 5.84. The summed E-state index contributed by atoms with van der Waals surface area (Å²) in [6, 6.07) is 3.49. The fraction of sp³-hybridized carbons (Fsp3) is 0.692. The maximum Gasteiger partial charge on any atom is 0.125 e. The Labute approximate surface area is 102 Å². The lowest BCUT2D eigenvalue weighted by atomic mass is 10.1. The molecule has 2 saturated heterocycles. The van der Waals surface area contributed by atoms with Gasteiger partial charge < -0.3 is 5.32 Å². The second-order valence-electron chi connectivity index (χ2n) is 5.26. The standard InChI is InChI=1S/C13H20N4/c1-10-14-6-4-13(15-10)9-17-7-5-11-2-3-12(8-17)16-11/h4,6,11-12,16H,2-3,5,7-9H2,1H3. The van der Waals surface area contributed by atoms with Crippen LogP contribution in [0.1, 0.15) is 30.8 Å². The van der Waals surface area contributed by atoms with Gasteiger partial charge in [-0.1, -0.05) is 0 Å². The van der Waals surface area contributed by atoms with E-state index < -0.39 is 0 Å². The van der Waals surface area contributed by atoms with E-state index in [0.29, 0.717) is 6.04 Å². The molecule has 0 saturated carbocycles. The molecule has 1 aromatic rings. The van der Waals surface area contributed by atoms with E-state index in [-0.39, 0.29) is 0 Å². The Bertz CT molecular complexity index is 393. The van der Waals surface area contributed by atoms with E-state index in [0.717, 1.165) is 24.1 Å². The van der Waals surface area contributed by atoms with Crippen LogP contribution in [0.3, 0.4) is 0 Å². The van der Waals surface area contributed by atoms with Crippen LogP contribution in [-0.4, -0.2) is 40.0 Å². The van der Waals surface area contributed by atoms with E-state index in [4.69, 9.17) is 0 Å². The molecule has 3 heterocycles. The highest BCUT2D eigenvalue weighted by Gasteiger charge is 2.29. The van der Waals surface area contributed by atoms with Crippen molar-refractivity contribution in [2.75, 3.05) is 13.1 Å². The monoisotopic (exact) mass is 232 g/mol. The highest BCUT2D eigenvalue weighted by atomic mass is 15.2. The van der Waals surface area contributed by atoms with Crippen LogP contribution in [0.2, 0.25) is 0 Å². The van der Waals surface area contributed by atoms with Gasteiger partial charge in [0.2, 0.25) is 0 Å². The third-order valence-corrected chi connectivity index (χ3v) is 3.83. The zero-order chi connectivity index (χ0) is 11.7. The average molecular weight is 232 g/mol. The Morgan fingerprint density at radius 3 is 3.12 bits per heavy atom. The molecular weight excluding hydrogens is 212 g/mol. The number of aryl methyl sites for hydroxylation is 1. The van der Waals surface area contributed by atoms with Gasteiger partial charge in [-0.2, -0.15) is 0 Å². The first kappa shape index (κ1) is 11.1. The van der Waals surface area contributed by atoms with Gasteiger partial charge in [0.15, 0.2) is 0 Å². The quantitative estimate of drug-likeness (QED) is 0.829. The summed E-state index contributed by atoms with van der Waals surface area (Å²) in [6.45, 7) is 5.28. The lowest BCUT2D eigenvalue weighted by molar-refractivity contribution is 0.248. The topological polar surface area (TPSA) is 41.1 Å². The fourth-order valence-electron chi connectivity index (χ4n) is 2.98. The molecule has 1 N–H and O–H groups in total. The van der Waals surface area contributed by atoms with Gasteiger partial charge in [0.05, 0.1) is 5.69 Å². The Kier molecular flexibility index (Phi) is 3.07. The molecule has 0 amide bonds. The van der Waals surface area contributed by atoms with Gasteiger partial charge in [-0.15, -0.1) is 0 Å². The Hall–Kier alpha value is -1.00. The molecule has 1 aromatic heterocycles. The van der Waals surface area contributed by atoms with Gasteiger partial charge in [0, 0.05) is 37.9 Å². The molecule has 2 aliphatic heterocycles.